The van der Waals surface area contributed by atoms with Crippen molar-refractivity contribution in [3.63, 3.8) is 0 Å². The summed E-state index contributed by atoms with van der Waals surface area (Å²) in [7, 11) is 1.76. The van der Waals surface area contributed by atoms with Crippen molar-refractivity contribution in [2.45, 2.75) is 6.92 Å². The first kappa shape index (κ1) is 17.2. The second-order valence-corrected chi connectivity index (χ2v) is 6.43. The molecule has 0 radical (unpaired) electrons. The topological polar surface area (TPSA) is 73.0 Å². The lowest BCUT2D eigenvalue weighted by Crippen LogP contribution is -2.13. The first-order valence-electron chi connectivity index (χ1n) is 8.08. The van der Waals surface area contributed by atoms with Gasteiger partial charge in [0.2, 0.25) is 0 Å². The molecule has 0 spiro atoms. The Morgan fingerprint density at radius 3 is 2.81 bits per heavy atom. The summed E-state index contributed by atoms with van der Waals surface area (Å²) in [6.07, 6.45) is 1.54. The number of anilines is 1. The average molecular weight is 385 g/mol. The third kappa shape index (κ3) is 3.06. The number of carbonyl (C=O) groups is 1. The van der Waals surface area contributed by atoms with Crippen LogP contribution in [0.4, 0.5) is 10.1 Å². The minimum absolute atomic E-state index is 0.114. The number of nitrogens with zero attached hydrogens (tertiary/aromatic N) is 3. The van der Waals surface area contributed by atoms with Crippen LogP contribution in [-0.2, 0) is 7.05 Å². The molecule has 0 bridgehead atoms. The van der Waals surface area contributed by atoms with Gasteiger partial charge in [-0.2, -0.15) is 5.10 Å². The van der Waals surface area contributed by atoms with Gasteiger partial charge < -0.3 is 9.73 Å². The fraction of sp³-hybridized carbons (Fsp3) is 0.105. The smallest absolute Gasteiger partial charge is 0.256 e. The van der Waals surface area contributed by atoms with Crippen molar-refractivity contribution in [3.8, 4) is 11.5 Å². The van der Waals surface area contributed by atoms with Gasteiger partial charge in [0.15, 0.2) is 11.4 Å². The van der Waals surface area contributed by atoms with E-state index in [1.165, 1.54) is 18.4 Å². The predicted molar refractivity (Wildman–Crippen MR) is 100 cm³/mol. The summed E-state index contributed by atoms with van der Waals surface area (Å²) in [4.78, 5) is 17.6. The van der Waals surface area contributed by atoms with Gasteiger partial charge in [-0.15, -0.1) is 0 Å². The van der Waals surface area contributed by atoms with Crippen LogP contribution in [-0.4, -0.2) is 20.7 Å². The Bertz CT molecular complexity index is 1170. The minimum atomic E-state index is -0.479. The van der Waals surface area contributed by atoms with Crippen LogP contribution in [0.2, 0.25) is 5.02 Å². The lowest BCUT2D eigenvalue weighted by atomic mass is 10.1. The predicted octanol–water partition coefficient (Wildman–Crippen LogP) is 4.58. The quantitative estimate of drug-likeness (QED) is 0.561. The zero-order valence-corrected chi connectivity index (χ0v) is 15.2. The lowest BCUT2D eigenvalue weighted by molar-refractivity contribution is 0.102. The Hall–Kier alpha value is -3.19. The molecule has 0 aliphatic heterocycles. The van der Waals surface area contributed by atoms with E-state index in [9.17, 15) is 9.18 Å². The van der Waals surface area contributed by atoms with E-state index < -0.39 is 11.7 Å². The van der Waals surface area contributed by atoms with Crippen LogP contribution in [0.15, 0.2) is 47.1 Å². The Balaban J connectivity index is 1.85. The molecule has 0 saturated heterocycles. The van der Waals surface area contributed by atoms with E-state index in [0.717, 1.165) is 6.07 Å². The number of benzene rings is 1. The SMILES string of the molecule is Cc1nn(C)c2nc(-c3ccco3)cc(C(=O)Nc3ccc(F)cc3Cl)c12. The van der Waals surface area contributed by atoms with Gasteiger partial charge in [-0.1, -0.05) is 11.6 Å². The molecule has 6 nitrogen and oxygen atoms in total. The third-order valence-corrected chi connectivity index (χ3v) is 4.48. The third-order valence-electron chi connectivity index (χ3n) is 4.17. The zero-order chi connectivity index (χ0) is 19.1. The number of amides is 1. The van der Waals surface area contributed by atoms with E-state index >= 15 is 0 Å². The summed E-state index contributed by atoms with van der Waals surface area (Å²) in [6.45, 7) is 1.80. The molecule has 0 atom stereocenters. The van der Waals surface area contributed by atoms with Gasteiger partial charge in [0.05, 0.1) is 33.6 Å². The molecule has 1 aromatic carbocycles. The van der Waals surface area contributed by atoms with E-state index in [0.29, 0.717) is 39.4 Å². The standard InChI is InChI=1S/C19H14ClFN4O2/c1-10-17-12(19(26)23-14-6-5-11(21)8-13(14)20)9-15(16-4-3-7-27-16)22-18(17)25(2)24-10/h3-9H,1-2H3,(H,23,26). The second-order valence-electron chi connectivity index (χ2n) is 6.02. The summed E-state index contributed by atoms with van der Waals surface area (Å²) >= 11 is 6.03. The van der Waals surface area contributed by atoms with E-state index in [1.54, 1.807) is 36.9 Å². The number of hydrogen-bond acceptors (Lipinski definition) is 4. The number of nitrogens with one attached hydrogen (secondary N) is 1. The first-order valence-corrected chi connectivity index (χ1v) is 8.46. The molecule has 0 aliphatic rings. The van der Waals surface area contributed by atoms with Gasteiger partial charge in [-0.05, 0) is 43.3 Å². The molecular formula is C19H14ClFN4O2. The van der Waals surface area contributed by atoms with Crippen molar-refractivity contribution >= 4 is 34.2 Å². The van der Waals surface area contributed by atoms with Gasteiger partial charge in [0, 0.05) is 7.05 Å². The highest BCUT2D eigenvalue weighted by molar-refractivity contribution is 6.34. The molecule has 3 heterocycles. The molecule has 0 unspecified atom stereocenters. The normalized spacial score (nSPS) is 11.1. The highest BCUT2D eigenvalue weighted by Crippen LogP contribution is 2.29. The monoisotopic (exact) mass is 384 g/mol. The molecule has 3 aromatic heterocycles. The highest BCUT2D eigenvalue weighted by atomic mass is 35.5. The van der Waals surface area contributed by atoms with Gasteiger partial charge in [0.25, 0.3) is 5.91 Å². The molecule has 27 heavy (non-hydrogen) atoms. The molecule has 4 aromatic rings. The molecule has 1 amide bonds. The van der Waals surface area contributed by atoms with E-state index in [2.05, 4.69) is 15.4 Å². The number of fused-ring (bicyclic) bond motifs is 1. The van der Waals surface area contributed by atoms with Crippen LogP contribution in [0.3, 0.4) is 0 Å². The summed E-state index contributed by atoms with van der Waals surface area (Å²) in [5.41, 5.74) is 2.41. The van der Waals surface area contributed by atoms with Crippen molar-refractivity contribution < 1.29 is 13.6 Å². The largest absolute Gasteiger partial charge is 0.463 e. The maximum Gasteiger partial charge on any atom is 0.256 e. The van der Waals surface area contributed by atoms with Gasteiger partial charge in [-0.3, -0.25) is 9.48 Å². The van der Waals surface area contributed by atoms with Crippen molar-refractivity contribution in [2.24, 2.45) is 7.05 Å². The van der Waals surface area contributed by atoms with Crippen LogP contribution in [0, 0.1) is 12.7 Å². The number of rotatable bonds is 3. The molecule has 1 N–H and O–H groups in total. The number of carbonyl (C=O) groups excluding carboxylic acids is 1. The lowest BCUT2D eigenvalue weighted by Gasteiger charge is -2.10. The number of halogens is 2. The highest BCUT2D eigenvalue weighted by Gasteiger charge is 2.20. The Morgan fingerprint density at radius 2 is 2.11 bits per heavy atom. The van der Waals surface area contributed by atoms with Crippen LogP contribution in [0.1, 0.15) is 16.1 Å². The maximum absolute atomic E-state index is 13.3. The molecule has 8 heteroatoms. The average Bonchev–Trinajstić information content (AvgIpc) is 3.26. The van der Waals surface area contributed by atoms with Gasteiger partial charge in [-0.25, -0.2) is 9.37 Å². The van der Waals surface area contributed by atoms with E-state index in [-0.39, 0.29) is 5.02 Å². The van der Waals surface area contributed by atoms with Crippen molar-refractivity contribution in [1.29, 1.82) is 0 Å². The Labute approximate surface area is 158 Å². The summed E-state index contributed by atoms with van der Waals surface area (Å²) in [5.74, 6) is -0.350. The summed E-state index contributed by atoms with van der Waals surface area (Å²) in [6, 6.07) is 8.93. The number of pyridine rings is 1. The fourth-order valence-electron chi connectivity index (χ4n) is 2.95. The molecule has 0 aliphatic carbocycles. The minimum Gasteiger partial charge on any atom is -0.463 e. The maximum atomic E-state index is 13.3. The Kier molecular flexibility index (Phi) is 4.16. The van der Waals surface area contributed by atoms with Crippen molar-refractivity contribution in [2.75, 3.05) is 5.32 Å². The fourth-order valence-corrected chi connectivity index (χ4v) is 3.17. The summed E-state index contributed by atoms with van der Waals surface area (Å²) in [5, 5.41) is 7.82. The Morgan fingerprint density at radius 1 is 1.30 bits per heavy atom. The van der Waals surface area contributed by atoms with E-state index in [1.807, 2.05) is 0 Å². The number of hydrogen-bond donors (Lipinski definition) is 1. The number of aryl methyl sites for hydroxylation is 2. The van der Waals surface area contributed by atoms with E-state index in [4.69, 9.17) is 16.0 Å². The van der Waals surface area contributed by atoms with Gasteiger partial charge in [0.1, 0.15) is 11.5 Å². The number of aromatic nitrogens is 3. The van der Waals surface area contributed by atoms with Crippen LogP contribution in [0.25, 0.3) is 22.5 Å². The molecule has 4 rings (SSSR count). The molecule has 0 fully saturated rings. The molecular weight excluding hydrogens is 371 g/mol. The first-order chi connectivity index (χ1) is 12.9. The zero-order valence-electron chi connectivity index (χ0n) is 14.5. The molecule has 136 valence electrons. The van der Waals surface area contributed by atoms with Gasteiger partial charge >= 0.3 is 0 Å². The van der Waals surface area contributed by atoms with Crippen LogP contribution in [0.5, 0.6) is 0 Å². The van der Waals surface area contributed by atoms with Crippen molar-refractivity contribution in [1.82, 2.24) is 14.8 Å². The number of furan rings is 1. The second kappa shape index (κ2) is 6.51. The molecule has 0 saturated carbocycles. The van der Waals surface area contributed by atoms with Crippen LogP contribution < -0.4 is 5.32 Å². The van der Waals surface area contributed by atoms with Crippen LogP contribution >= 0.6 is 11.6 Å². The van der Waals surface area contributed by atoms with Crippen molar-refractivity contribution in [3.05, 3.63) is 64.8 Å². The summed E-state index contributed by atoms with van der Waals surface area (Å²) < 4.78 is 20.3.